The van der Waals surface area contributed by atoms with Crippen LogP contribution in [0.3, 0.4) is 0 Å². The highest BCUT2D eigenvalue weighted by Crippen LogP contribution is 2.31. The van der Waals surface area contributed by atoms with Crippen LogP contribution in [0, 0.1) is 5.41 Å². The van der Waals surface area contributed by atoms with Gasteiger partial charge < -0.3 is 10.7 Å². The molecule has 0 fully saturated rings. The molecule has 0 aromatic carbocycles. The van der Waals surface area contributed by atoms with Crippen molar-refractivity contribution in [2.45, 2.75) is 38.6 Å². The normalized spacial score (nSPS) is 18.1. The Morgan fingerprint density at radius 3 is 2.55 bits per heavy atom. The van der Waals surface area contributed by atoms with Gasteiger partial charge in [0.15, 0.2) is 0 Å². The van der Waals surface area contributed by atoms with E-state index < -0.39 is 10.0 Å². The summed E-state index contributed by atoms with van der Waals surface area (Å²) in [5, 5.41) is 0. The van der Waals surface area contributed by atoms with Gasteiger partial charge in [0.2, 0.25) is 10.0 Å². The molecule has 2 rings (SSSR count). The van der Waals surface area contributed by atoms with Gasteiger partial charge in [0.25, 0.3) is 0 Å². The summed E-state index contributed by atoms with van der Waals surface area (Å²) in [5.74, 6) is 0. The Bertz CT molecular complexity index is 609. The molecule has 1 aliphatic heterocycles. The lowest BCUT2D eigenvalue weighted by Crippen LogP contribution is -2.36. The number of nitrogens with one attached hydrogen (secondary N) is 1. The second kappa shape index (κ2) is 5.35. The highest BCUT2D eigenvalue weighted by Gasteiger charge is 2.29. The van der Waals surface area contributed by atoms with Crippen LogP contribution in [0.1, 0.15) is 32.9 Å². The molecule has 0 aliphatic carbocycles. The standard InChI is InChI=1S/C14H23N3O2S/c1-14(2,3)11-4-6-17(7-5-11)20(18,19)13-8-12(9-15)16-10-13/h4,8,10,16H,5-7,9,15H2,1-3H3. The summed E-state index contributed by atoms with van der Waals surface area (Å²) in [5.41, 5.74) is 7.66. The van der Waals surface area contributed by atoms with E-state index in [0.717, 1.165) is 12.1 Å². The van der Waals surface area contributed by atoms with E-state index in [0.29, 0.717) is 24.5 Å². The lowest BCUT2D eigenvalue weighted by molar-refractivity contribution is 0.389. The average Bonchev–Trinajstić information content (AvgIpc) is 2.87. The van der Waals surface area contributed by atoms with Crippen molar-refractivity contribution in [1.82, 2.24) is 9.29 Å². The van der Waals surface area contributed by atoms with Crippen LogP contribution in [0.5, 0.6) is 0 Å². The minimum atomic E-state index is -3.42. The molecule has 1 aromatic heterocycles. The van der Waals surface area contributed by atoms with Gasteiger partial charge >= 0.3 is 0 Å². The molecule has 112 valence electrons. The van der Waals surface area contributed by atoms with Crippen LogP contribution in [0.4, 0.5) is 0 Å². The summed E-state index contributed by atoms with van der Waals surface area (Å²) < 4.78 is 26.5. The van der Waals surface area contributed by atoms with E-state index in [1.807, 2.05) is 6.08 Å². The molecule has 2 heterocycles. The first-order chi connectivity index (χ1) is 9.25. The van der Waals surface area contributed by atoms with E-state index in [9.17, 15) is 8.42 Å². The van der Waals surface area contributed by atoms with E-state index in [2.05, 4.69) is 25.8 Å². The average molecular weight is 297 g/mol. The highest BCUT2D eigenvalue weighted by atomic mass is 32.2. The molecule has 0 unspecified atom stereocenters. The van der Waals surface area contributed by atoms with E-state index in [1.54, 1.807) is 6.07 Å². The van der Waals surface area contributed by atoms with Crippen molar-refractivity contribution in [3.63, 3.8) is 0 Å². The van der Waals surface area contributed by atoms with Gasteiger partial charge in [-0.25, -0.2) is 8.42 Å². The smallest absolute Gasteiger partial charge is 0.244 e. The number of hydrogen-bond donors (Lipinski definition) is 2. The Hall–Kier alpha value is -1.11. The third-order valence-corrected chi connectivity index (χ3v) is 5.55. The Balaban J connectivity index is 2.19. The van der Waals surface area contributed by atoms with Gasteiger partial charge in [-0.3, -0.25) is 0 Å². The first-order valence-corrected chi connectivity index (χ1v) is 8.26. The molecule has 0 bridgehead atoms. The predicted octanol–water partition coefficient (Wildman–Crippen LogP) is 1.84. The molecule has 3 N–H and O–H groups in total. The zero-order valence-corrected chi connectivity index (χ0v) is 13.1. The number of rotatable bonds is 3. The lowest BCUT2D eigenvalue weighted by atomic mass is 9.83. The zero-order valence-electron chi connectivity index (χ0n) is 12.3. The Kier molecular flexibility index (Phi) is 4.09. The van der Waals surface area contributed by atoms with Gasteiger partial charge in [-0.05, 0) is 17.9 Å². The van der Waals surface area contributed by atoms with Gasteiger partial charge in [-0.2, -0.15) is 4.31 Å². The van der Waals surface area contributed by atoms with Crippen LogP contribution in [0.2, 0.25) is 0 Å². The second-order valence-electron chi connectivity index (χ2n) is 6.16. The van der Waals surface area contributed by atoms with E-state index in [-0.39, 0.29) is 5.41 Å². The minimum Gasteiger partial charge on any atom is -0.363 e. The van der Waals surface area contributed by atoms with Crippen molar-refractivity contribution in [1.29, 1.82) is 0 Å². The van der Waals surface area contributed by atoms with Gasteiger partial charge in [0.05, 0.1) is 4.90 Å². The van der Waals surface area contributed by atoms with E-state index in [1.165, 1.54) is 16.1 Å². The predicted molar refractivity (Wildman–Crippen MR) is 79.6 cm³/mol. The molecule has 0 spiro atoms. The second-order valence-corrected chi connectivity index (χ2v) is 8.10. The Morgan fingerprint density at radius 2 is 2.10 bits per heavy atom. The molecule has 1 aliphatic rings. The largest absolute Gasteiger partial charge is 0.363 e. The van der Waals surface area contributed by atoms with E-state index in [4.69, 9.17) is 5.73 Å². The fraction of sp³-hybridized carbons (Fsp3) is 0.571. The zero-order chi connectivity index (χ0) is 15.0. The van der Waals surface area contributed by atoms with Crippen molar-refractivity contribution < 1.29 is 8.42 Å². The first-order valence-electron chi connectivity index (χ1n) is 6.82. The maximum atomic E-state index is 12.5. The van der Waals surface area contributed by atoms with Crippen LogP contribution in [0.15, 0.2) is 28.8 Å². The van der Waals surface area contributed by atoms with Crippen molar-refractivity contribution >= 4 is 10.0 Å². The number of aromatic amines is 1. The number of H-pyrrole nitrogens is 1. The molecule has 1 aromatic rings. The van der Waals surface area contributed by atoms with E-state index >= 15 is 0 Å². The summed E-state index contributed by atoms with van der Waals surface area (Å²) in [7, 11) is -3.42. The molecule has 20 heavy (non-hydrogen) atoms. The number of nitrogens with zero attached hydrogens (tertiary/aromatic N) is 1. The topological polar surface area (TPSA) is 79.2 Å². The molecule has 5 nitrogen and oxygen atoms in total. The van der Waals surface area contributed by atoms with Gasteiger partial charge in [0.1, 0.15) is 0 Å². The maximum absolute atomic E-state index is 12.5. The van der Waals surface area contributed by atoms with Gasteiger partial charge in [-0.1, -0.05) is 32.4 Å². The SMILES string of the molecule is CC(C)(C)C1=CCN(S(=O)(=O)c2c[nH]c(CN)c2)CC1. The molecular formula is C14H23N3O2S. The van der Waals surface area contributed by atoms with Crippen molar-refractivity contribution in [3.8, 4) is 0 Å². The molecule has 0 amide bonds. The van der Waals surface area contributed by atoms with Crippen LogP contribution in [-0.4, -0.2) is 30.8 Å². The van der Waals surface area contributed by atoms with Crippen LogP contribution >= 0.6 is 0 Å². The molecular weight excluding hydrogens is 274 g/mol. The van der Waals surface area contributed by atoms with Crippen molar-refractivity contribution in [2.75, 3.05) is 13.1 Å². The molecule has 0 saturated heterocycles. The van der Waals surface area contributed by atoms with Crippen LogP contribution < -0.4 is 5.73 Å². The molecule has 6 heteroatoms. The maximum Gasteiger partial charge on any atom is 0.244 e. The highest BCUT2D eigenvalue weighted by molar-refractivity contribution is 7.89. The summed E-state index contributed by atoms with van der Waals surface area (Å²) in [6, 6.07) is 1.61. The van der Waals surface area contributed by atoms with Crippen LogP contribution in [0.25, 0.3) is 0 Å². The third kappa shape index (κ3) is 2.97. The number of sulfonamides is 1. The van der Waals surface area contributed by atoms with Gasteiger partial charge in [0, 0.05) is 31.5 Å². The Labute approximate surface area is 120 Å². The number of aromatic nitrogens is 1. The summed E-state index contributed by atoms with van der Waals surface area (Å²) in [6.45, 7) is 7.75. The third-order valence-electron chi connectivity index (χ3n) is 3.71. The first kappa shape index (κ1) is 15.3. The van der Waals surface area contributed by atoms with Crippen LogP contribution in [-0.2, 0) is 16.6 Å². The summed E-state index contributed by atoms with van der Waals surface area (Å²) in [4.78, 5) is 3.18. The van der Waals surface area contributed by atoms with Crippen molar-refractivity contribution in [3.05, 3.63) is 29.6 Å². The summed E-state index contributed by atoms with van der Waals surface area (Å²) >= 11 is 0. The fourth-order valence-corrected chi connectivity index (χ4v) is 3.78. The van der Waals surface area contributed by atoms with Gasteiger partial charge in [-0.15, -0.1) is 0 Å². The van der Waals surface area contributed by atoms with Crippen molar-refractivity contribution in [2.24, 2.45) is 11.1 Å². The minimum absolute atomic E-state index is 0.108. The fourth-order valence-electron chi connectivity index (χ4n) is 2.38. The molecule has 0 radical (unpaired) electrons. The number of nitrogens with two attached hydrogens (primary N) is 1. The molecule has 0 saturated carbocycles. The lowest BCUT2D eigenvalue weighted by Gasteiger charge is -2.31. The summed E-state index contributed by atoms with van der Waals surface area (Å²) in [6.07, 6.45) is 4.34. The quantitative estimate of drug-likeness (QED) is 0.836. The number of hydrogen-bond acceptors (Lipinski definition) is 3. The monoisotopic (exact) mass is 297 g/mol. The Morgan fingerprint density at radius 1 is 1.40 bits per heavy atom. The molecule has 0 atom stereocenters.